The molecule has 0 aliphatic heterocycles. The summed E-state index contributed by atoms with van der Waals surface area (Å²) in [6.45, 7) is 7.90. The molecule has 0 aliphatic carbocycles. The van der Waals surface area contributed by atoms with Crippen molar-refractivity contribution < 1.29 is 13.6 Å². The Bertz CT molecular complexity index is 286. The molecule has 0 saturated heterocycles. The van der Waals surface area contributed by atoms with Crippen molar-refractivity contribution in [3.63, 3.8) is 0 Å². The second-order valence-electron chi connectivity index (χ2n) is 2.54. The summed E-state index contributed by atoms with van der Waals surface area (Å²) in [5.74, 6) is 2.74. The smallest absolute Gasteiger partial charge is 0.300 e. The van der Waals surface area contributed by atoms with Crippen LogP contribution in [0, 0.1) is 11.6 Å². The zero-order valence-electron chi connectivity index (χ0n) is 9.16. The van der Waals surface area contributed by atoms with Crippen LogP contribution in [0.4, 0.5) is 0 Å². The van der Waals surface area contributed by atoms with E-state index in [2.05, 4.69) is 11.6 Å². The van der Waals surface area contributed by atoms with Gasteiger partial charge in [0.15, 0.2) is 0 Å². The maximum absolute atomic E-state index is 11.8. The summed E-state index contributed by atoms with van der Waals surface area (Å²) < 4.78 is 21.8. The van der Waals surface area contributed by atoms with Crippen molar-refractivity contribution in [3.8, 4) is 11.6 Å². The Hall–Kier alpha value is -0.550. The van der Waals surface area contributed by atoms with Crippen molar-refractivity contribution in [2.24, 2.45) is 0 Å². The summed E-state index contributed by atoms with van der Waals surface area (Å²) in [6.07, 6.45) is 1.84. The van der Waals surface area contributed by atoms with Gasteiger partial charge in [0, 0.05) is 5.66 Å². The van der Waals surface area contributed by atoms with E-state index in [0.29, 0.717) is 13.2 Å². The monoisotopic (exact) mass is 216 g/mol. The van der Waals surface area contributed by atoms with E-state index >= 15 is 0 Å². The minimum atomic E-state index is -3.19. The Kier molecular flexibility index (Phi) is 6.57. The van der Waals surface area contributed by atoms with Crippen molar-refractivity contribution in [1.29, 1.82) is 0 Å². The summed E-state index contributed by atoms with van der Waals surface area (Å²) in [4.78, 5) is 0. The van der Waals surface area contributed by atoms with Crippen molar-refractivity contribution in [2.45, 2.75) is 27.7 Å². The molecule has 0 aromatic rings. The third-order valence-corrected chi connectivity index (χ3v) is 3.00. The van der Waals surface area contributed by atoms with Crippen molar-refractivity contribution in [1.82, 2.24) is 0 Å². The topological polar surface area (TPSA) is 35.5 Å². The minimum absolute atomic E-state index is 0.334. The van der Waals surface area contributed by atoms with Crippen molar-refractivity contribution in [2.75, 3.05) is 13.2 Å². The molecule has 4 heteroatoms. The standard InChI is InChI=1S/C10H17O3P/c1-5-10(4)8-9-14(11,12-6-2)13-7-3/h5H,6-7H2,1-4H3/b10-5+. The van der Waals surface area contributed by atoms with E-state index < -0.39 is 7.60 Å². The number of hydrogen-bond donors (Lipinski definition) is 0. The normalized spacial score (nSPS) is 12.1. The van der Waals surface area contributed by atoms with E-state index in [1.54, 1.807) is 13.8 Å². The van der Waals surface area contributed by atoms with Crippen LogP contribution in [-0.4, -0.2) is 13.2 Å². The molecule has 0 amide bonds. The largest absolute Gasteiger partial charge is 0.405 e. The molecule has 0 atom stereocenters. The zero-order chi connectivity index (χ0) is 11.0. The van der Waals surface area contributed by atoms with Crippen LogP contribution in [0.1, 0.15) is 27.7 Å². The van der Waals surface area contributed by atoms with Crippen LogP contribution in [0.2, 0.25) is 0 Å². The van der Waals surface area contributed by atoms with Gasteiger partial charge in [-0.25, -0.2) is 4.57 Å². The molecule has 0 saturated carbocycles. The van der Waals surface area contributed by atoms with Gasteiger partial charge in [-0.2, -0.15) is 0 Å². The third kappa shape index (κ3) is 5.24. The summed E-state index contributed by atoms with van der Waals surface area (Å²) >= 11 is 0. The van der Waals surface area contributed by atoms with Gasteiger partial charge in [-0.05, 0) is 33.3 Å². The molecule has 0 radical (unpaired) electrons. The Balaban J connectivity index is 4.64. The molecule has 0 aromatic heterocycles. The van der Waals surface area contributed by atoms with Gasteiger partial charge in [0.05, 0.1) is 13.2 Å². The quantitative estimate of drug-likeness (QED) is 0.534. The van der Waals surface area contributed by atoms with E-state index in [9.17, 15) is 4.57 Å². The molecule has 0 unspecified atom stereocenters. The first-order chi connectivity index (χ1) is 6.58. The molecule has 0 aliphatic rings. The SMILES string of the molecule is C/C=C(\C)C#CP(=O)(OCC)OCC. The fraction of sp³-hybridized carbons (Fsp3) is 0.600. The van der Waals surface area contributed by atoms with Gasteiger partial charge in [-0.15, -0.1) is 0 Å². The van der Waals surface area contributed by atoms with Gasteiger partial charge in [0.2, 0.25) is 0 Å². The summed E-state index contributed by atoms with van der Waals surface area (Å²) in [6, 6.07) is 0. The van der Waals surface area contributed by atoms with Gasteiger partial charge in [-0.3, -0.25) is 9.05 Å². The highest BCUT2D eigenvalue weighted by Gasteiger charge is 2.19. The van der Waals surface area contributed by atoms with Crippen molar-refractivity contribution >= 4 is 7.60 Å². The molecule has 0 fully saturated rings. The average Bonchev–Trinajstić information content (AvgIpc) is 2.15. The van der Waals surface area contributed by atoms with Gasteiger partial charge >= 0.3 is 7.60 Å². The first-order valence-electron chi connectivity index (χ1n) is 4.63. The molecule has 3 nitrogen and oxygen atoms in total. The Morgan fingerprint density at radius 2 is 1.86 bits per heavy atom. The minimum Gasteiger partial charge on any atom is -0.300 e. The van der Waals surface area contributed by atoms with Crippen LogP contribution in [0.3, 0.4) is 0 Å². The Morgan fingerprint density at radius 3 is 2.21 bits per heavy atom. The summed E-state index contributed by atoms with van der Waals surface area (Å²) in [5, 5.41) is 0. The molecule has 0 bridgehead atoms. The number of allylic oxidation sites excluding steroid dienone is 2. The molecular formula is C10H17O3P. The first-order valence-corrected chi connectivity index (χ1v) is 6.17. The van der Waals surface area contributed by atoms with E-state index in [4.69, 9.17) is 9.05 Å². The fourth-order valence-electron chi connectivity index (χ4n) is 0.671. The molecule has 0 rings (SSSR count). The Labute approximate surface area is 86.0 Å². The molecule has 80 valence electrons. The lowest BCUT2D eigenvalue weighted by molar-refractivity contribution is 0.230. The van der Waals surface area contributed by atoms with E-state index in [-0.39, 0.29) is 0 Å². The third-order valence-electron chi connectivity index (χ3n) is 1.42. The first kappa shape index (κ1) is 13.4. The molecule has 0 heterocycles. The second-order valence-corrected chi connectivity index (χ2v) is 4.28. The molecule has 0 N–H and O–H groups in total. The van der Waals surface area contributed by atoms with Gasteiger partial charge in [0.25, 0.3) is 0 Å². The van der Waals surface area contributed by atoms with Crippen molar-refractivity contribution in [3.05, 3.63) is 11.6 Å². The van der Waals surface area contributed by atoms with Crippen LogP contribution >= 0.6 is 7.60 Å². The van der Waals surface area contributed by atoms with Gasteiger partial charge in [0.1, 0.15) is 0 Å². The van der Waals surface area contributed by atoms with E-state index in [1.807, 2.05) is 19.9 Å². The van der Waals surface area contributed by atoms with Crippen LogP contribution in [0.15, 0.2) is 11.6 Å². The Morgan fingerprint density at radius 1 is 1.36 bits per heavy atom. The lowest BCUT2D eigenvalue weighted by Gasteiger charge is -2.09. The molecule has 0 spiro atoms. The molecule has 14 heavy (non-hydrogen) atoms. The van der Waals surface area contributed by atoms with Crippen LogP contribution < -0.4 is 0 Å². The molecular weight excluding hydrogens is 199 g/mol. The second kappa shape index (κ2) is 6.84. The van der Waals surface area contributed by atoms with Gasteiger partial charge < -0.3 is 0 Å². The summed E-state index contributed by atoms with van der Waals surface area (Å²) in [7, 11) is -3.19. The average molecular weight is 216 g/mol. The lowest BCUT2D eigenvalue weighted by atomic mass is 10.3. The summed E-state index contributed by atoms with van der Waals surface area (Å²) in [5.41, 5.74) is 3.39. The predicted molar refractivity (Wildman–Crippen MR) is 58.1 cm³/mol. The lowest BCUT2D eigenvalue weighted by Crippen LogP contribution is -1.93. The highest BCUT2D eigenvalue weighted by molar-refractivity contribution is 7.59. The maximum atomic E-state index is 11.8. The van der Waals surface area contributed by atoms with Crippen LogP contribution in [-0.2, 0) is 13.6 Å². The number of rotatable bonds is 4. The van der Waals surface area contributed by atoms with E-state index in [0.717, 1.165) is 5.57 Å². The zero-order valence-corrected chi connectivity index (χ0v) is 10.1. The van der Waals surface area contributed by atoms with Gasteiger partial charge in [-0.1, -0.05) is 12.0 Å². The highest BCUT2D eigenvalue weighted by Crippen LogP contribution is 2.46. The fourth-order valence-corrected chi connectivity index (χ4v) is 1.87. The highest BCUT2D eigenvalue weighted by atomic mass is 31.2. The number of hydrogen-bond acceptors (Lipinski definition) is 3. The molecule has 0 aromatic carbocycles. The van der Waals surface area contributed by atoms with E-state index in [1.165, 1.54) is 0 Å². The van der Waals surface area contributed by atoms with Crippen LogP contribution in [0.5, 0.6) is 0 Å². The maximum Gasteiger partial charge on any atom is 0.405 e. The van der Waals surface area contributed by atoms with Crippen LogP contribution in [0.25, 0.3) is 0 Å². The predicted octanol–water partition coefficient (Wildman–Crippen LogP) is 3.18.